The SMILES string of the molecule is Cc1cc(-c2cn[nH]c2[C@H]2CCCCN2CC2CCCCC2)on1. The summed E-state index contributed by atoms with van der Waals surface area (Å²) in [6.45, 7) is 4.40. The average molecular weight is 328 g/mol. The highest BCUT2D eigenvalue weighted by molar-refractivity contribution is 5.60. The van der Waals surface area contributed by atoms with Gasteiger partial charge in [-0.1, -0.05) is 30.8 Å². The summed E-state index contributed by atoms with van der Waals surface area (Å²) in [5, 5.41) is 11.6. The second kappa shape index (κ2) is 7.09. The second-order valence-corrected chi connectivity index (χ2v) is 7.54. The van der Waals surface area contributed by atoms with Crippen molar-refractivity contribution in [1.29, 1.82) is 0 Å². The molecule has 2 aromatic rings. The van der Waals surface area contributed by atoms with Crippen molar-refractivity contribution in [2.45, 2.75) is 64.3 Å². The minimum absolute atomic E-state index is 0.434. The summed E-state index contributed by atoms with van der Waals surface area (Å²) >= 11 is 0. The van der Waals surface area contributed by atoms with Crippen LogP contribution in [-0.4, -0.2) is 33.3 Å². The number of aromatic nitrogens is 3. The molecule has 0 unspecified atom stereocenters. The van der Waals surface area contributed by atoms with Crippen LogP contribution in [0.1, 0.15) is 68.8 Å². The highest BCUT2D eigenvalue weighted by atomic mass is 16.5. The maximum absolute atomic E-state index is 5.50. The smallest absolute Gasteiger partial charge is 0.170 e. The first-order chi connectivity index (χ1) is 11.8. The number of rotatable bonds is 4. The van der Waals surface area contributed by atoms with Crippen LogP contribution >= 0.6 is 0 Å². The lowest BCUT2D eigenvalue weighted by molar-refractivity contribution is 0.111. The van der Waals surface area contributed by atoms with Gasteiger partial charge in [-0.2, -0.15) is 5.10 Å². The molecule has 0 radical (unpaired) electrons. The van der Waals surface area contributed by atoms with Gasteiger partial charge in [0, 0.05) is 12.6 Å². The highest BCUT2D eigenvalue weighted by Gasteiger charge is 2.30. The molecule has 1 N–H and O–H groups in total. The summed E-state index contributed by atoms with van der Waals surface area (Å²) in [4.78, 5) is 2.69. The molecule has 0 bridgehead atoms. The Kier molecular flexibility index (Phi) is 4.69. The number of hydrogen-bond donors (Lipinski definition) is 1. The molecule has 5 heteroatoms. The molecule has 24 heavy (non-hydrogen) atoms. The van der Waals surface area contributed by atoms with E-state index in [4.69, 9.17) is 4.52 Å². The fourth-order valence-electron chi connectivity index (χ4n) is 4.47. The van der Waals surface area contributed by atoms with Crippen molar-refractivity contribution in [3.8, 4) is 11.3 Å². The van der Waals surface area contributed by atoms with Crippen LogP contribution in [0.2, 0.25) is 0 Å². The number of hydrogen-bond acceptors (Lipinski definition) is 4. The first-order valence-corrected chi connectivity index (χ1v) is 9.52. The topological polar surface area (TPSA) is 58.0 Å². The molecule has 5 nitrogen and oxygen atoms in total. The van der Waals surface area contributed by atoms with E-state index in [9.17, 15) is 0 Å². The Morgan fingerprint density at radius 1 is 1.17 bits per heavy atom. The Balaban J connectivity index is 1.55. The first-order valence-electron chi connectivity index (χ1n) is 9.52. The Hall–Kier alpha value is -1.62. The lowest BCUT2D eigenvalue weighted by Gasteiger charge is -2.38. The van der Waals surface area contributed by atoms with Gasteiger partial charge in [-0.05, 0) is 45.1 Å². The van der Waals surface area contributed by atoms with Crippen LogP contribution in [0.15, 0.2) is 16.8 Å². The van der Waals surface area contributed by atoms with Crippen LogP contribution in [0.5, 0.6) is 0 Å². The first kappa shape index (κ1) is 15.9. The predicted octanol–water partition coefficient (Wildman–Crippen LogP) is 4.48. The lowest BCUT2D eigenvalue weighted by atomic mass is 9.87. The molecule has 0 spiro atoms. The van der Waals surface area contributed by atoms with E-state index in [1.807, 2.05) is 19.2 Å². The van der Waals surface area contributed by atoms with E-state index in [0.717, 1.165) is 22.9 Å². The van der Waals surface area contributed by atoms with Crippen LogP contribution in [0.4, 0.5) is 0 Å². The minimum atomic E-state index is 0.434. The highest BCUT2D eigenvalue weighted by Crippen LogP contribution is 2.37. The molecule has 3 heterocycles. The minimum Gasteiger partial charge on any atom is -0.356 e. The predicted molar refractivity (Wildman–Crippen MR) is 93.6 cm³/mol. The molecule has 1 atom stereocenters. The maximum atomic E-state index is 5.50. The van der Waals surface area contributed by atoms with Crippen molar-refractivity contribution in [3.05, 3.63) is 23.7 Å². The quantitative estimate of drug-likeness (QED) is 0.899. The Bertz CT molecular complexity index is 656. The van der Waals surface area contributed by atoms with E-state index < -0.39 is 0 Å². The van der Waals surface area contributed by atoms with Crippen LogP contribution in [0, 0.1) is 12.8 Å². The van der Waals surface area contributed by atoms with Crippen molar-refractivity contribution in [2.75, 3.05) is 13.1 Å². The monoisotopic (exact) mass is 328 g/mol. The van der Waals surface area contributed by atoms with Crippen molar-refractivity contribution >= 4 is 0 Å². The molecule has 4 rings (SSSR count). The third-order valence-corrected chi connectivity index (χ3v) is 5.73. The molecule has 2 aromatic heterocycles. The lowest BCUT2D eigenvalue weighted by Crippen LogP contribution is -2.38. The van der Waals surface area contributed by atoms with Crippen LogP contribution in [0.25, 0.3) is 11.3 Å². The molecule has 2 fully saturated rings. The zero-order valence-corrected chi connectivity index (χ0v) is 14.6. The fraction of sp³-hybridized carbons (Fsp3) is 0.684. The fourth-order valence-corrected chi connectivity index (χ4v) is 4.47. The molecule has 2 aliphatic rings. The molecule has 1 aliphatic carbocycles. The zero-order chi connectivity index (χ0) is 16.4. The van der Waals surface area contributed by atoms with Crippen molar-refractivity contribution in [1.82, 2.24) is 20.3 Å². The van der Waals surface area contributed by atoms with Gasteiger partial charge in [0.05, 0.1) is 29.2 Å². The Morgan fingerprint density at radius 2 is 2.00 bits per heavy atom. The van der Waals surface area contributed by atoms with Gasteiger partial charge >= 0.3 is 0 Å². The second-order valence-electron chi connectivity index (χ2n) is 7.54. The number of aryl methyl sites for hydroxylation is 1. The van der Waals surface area contributed by atoms with E-state index in [1.54, 1.807) is 0 Å². The largest absolute Gasteiger partial charge is 0.356 e. The van der Waals surface area contributed by atoms with E-state index in [1.165, 1.54) is 70.2 Å². The average Bonchev–Trinajstić information content (AvgIpc) is 3.25. The summed E-state index contributed by atoms with van der Waals surface area (Å²) in [5.41, 5.74) is 3.21. The summed E-state index contributed by atoms with van der Waals surface area (Å²) in [5.74, 6) is 1.71. The molecular weight excluding hydrogens is 300 g/mol. The van der Waals surface area contributed by atoms with E-state index in [2.05, 4.69) is 20.3 Å². The molecule has 1 saturated carbocycles. The van der Waals surface area contributed by atoms with Crippen molar-refractivity contribution in [2.24, 2.45) is 5.92 Å². The zero-order valence-electron chi connectivity index (χ0n) is 14.6. The van der Waals surface area contributed by atoms with Gasteiger partial charge in [-0.15, -0.1) is 0 Å². The molecule has 1 aliphatic heterocycles. The van der Waals surface area contributed by atoms with Crippen LogP contribution in [0.3, 0.4) is 0 Å². The van der Waals surface area contributed by atoms with Gasteiger partial charge in [0.2, 0.25) is 0 Å². The van der Waals surface area contributed by atoms with Gasteiger partial charge in [0.15, 0.2) is 5.76 Å². The molecule has 130 valence electrons. The third-order valence-electron chi connectivity index (χ3n) is 5.73. The normalized spacial score (nSPS) is 23.6. The number of likely N-dealkylation sites (tertiary alicyclic amines) is 1. The summed E-state index contributed by atoms with van der Waals surface area (Å²) in [6.07, 6.45) is 12.8. The van der Waals surface area contributed by atoms with Crippen molar-refractivity contribution < 1.29 is 4.52 Å². The Labute approximate surface area is 143 Å². The van der Waals surface area contributed by atoms with Crippen LogP contribution in [-0.2, 0) is 0 Å². The number of H-pyrrole nitrogens is 1. The van der Waals surface area contributed by atoms with E-state index in [0.29, 0.717) is 6.04 Å². The van der Waals surface area contributed by atoms with E-state index >= 15 is 0 Å². The number of nitrogens with one attached hydrogen (secondary N) is 1. The van der Waals surface area contributed by atoms with Gasteiger partial charge < -0.3 is 4.52 Å². The summed E-state index contributed by atoms with van der Waals surface area (Å²) in [6, 6.07) is 2.44. The number of aromatic amines is 1. The third kappa shape index (κ3) is 3.27. The maximum Gasteiger partial charge on any atom is 0.170 e. The van der Waals surface area contributed by atoms with Gasteiger partial charge in [0.1, 0.15) is 0 Å². The number of piperidine rings is 1. The Morgan fingerprint density at radius 3 is 2.79 bits per heavy atom. The molecule has 0 aromatic carbocycles. The standard InChI is InChI=1S/C19H28N4O/c1-14-11-18(24-22-14)16-12-20-21-19(16)17-9-5-6-10-23(17)13-15-7-3-2-4-8-15/h11-12,15,17H,2-10,13H2,1H3,(H,20,21)/t17-/m1/s1. The molecular formula is C19H28N4O. The van der Waals surface area contributed by atoms with Gasteiger partial charge in [0.25, 0.3) is 0 Å². The van der Waals surface area contributed by atoms with Crippen LogP contribution < -0.4 is 0 Å². The molecule has 0 amide bonds. The van der Waals surface area contributed by atoms with Crippen molar-refractivity contribution in [3.63, 3.8) is 0 Å². The van der Waals surface area contributed by atoms with Gasteiger partial charge in [-0.25, -0.2) is 0 Å². The van der Waals surface area contributed by atoms with Gasteiger partial charge in [-0.3, -0.25) is 10.00 Å². The number of nitrogens with zero attached hydrogens (tertiary/aromatic N) is 3. The summed E-state index contributed by atoms with van der Waals surface area (Å²) in [7, 11) is 0. The van der Waals surface area contributed by atoms with E-state index in [-0.39, 0.29) is 0 Å². The summed E-state index contributed by atoms with van der Waals surface area (Å²) < 4.78 is 5.50. The molecule has 1 saturated heterocycles.